The molecule has 0 spiro atoms. The molecule has 98 valence electrons. The van der Waals surface area contributed by atoms with Gasteiger partial charge < -0.3 is 9.15 Å². The van der Waals surface area contributed by atoms with Gasteiger partial charge in [0.2, 0.25) is 0 Å². The van der Waals surface area contributed by atoms with Gasteiger partial charge in [-0.15, -0.1) is 13.2 Å². The van der Waals surface area contributed by atoms with Gasteiger partial charge in [-0.3, -0.25) is 0 Å². The molecule has 3 nitrogen and oxygen atoms in total. The molecule has 0 aliphatic rings. The van der Waals surface area contributed by atoms with E-state index in [4.69, 9.17) is 16.0 Å². The second-order valence-corrected chi connectivity index (χ2v) is 4.41. The molecule has 1 aromatic carbocycles. The molecule has 0 unspecified atom stereocenters. The van der Waals surface area contributed by atoms with Gasteiger partial charge in [0.05, 0.1) is 5.02 Å². The summed E-state index contributed by atoms with van der Waals surface area (Å²) in [5, 5.41) is -0.175. The first-order valence-electron chi connectivity index (χ1n) is 5.12. The highest BCUT2D eigenvalue weighted by atomic mass is 35.5. The summed E-state index contributed by atoms with van der Waals surface area (Å²) in [4.78, 5) is 4.07. The highest BCUT2D eigenvalue weighted by Gasteiger charge is 2.32. The van der Waals surface area contributed by atoms with Gasteiger partial charge in [0.1, 0.15) is 11.3 Å². The molecular weight excluding hydrogens is 271 g/mol. The summed E-state index contributed by atoms with van der Waals surface area (Å²) in [6.07, 6.45) is -4.79. The lowest BCUT2D eigenvalue weighted by atomic mass is 10.2. The maximum atomic E-state index is 12.1. The van der Waals surface area contributed by atoms with Crippen molar-refractivity contribution in [2.75, 3.05) is 0 Å². The Balaban J connectivity index is 2.47. The molecule has 2 rings (SSSR count). The van der Waals surface area contributed by atoms with Crippen LogP contribution in [-0.2, 0) is 0 Å². The lowest BCUT2D eigenvalue weighted by Gasteiger charge is -2.09. The lowest BCUT2D eigenvalue weighted by molar-refractivity contribution is -0.274. The standard InChI is InChI=1S/C11H9ClF3NO2/c1-5(2)10-16-7-4-8(18-11(13,14)15)6(12)3-9(7)17-10/h3-5H,1-2H3. The highest BCUT2D eigenvalue weighted by molar-refractivity contribution is 6.32. The Morgan fingerprint density at radius 3 is 2.56 bits per heavy atom. The van der Waals surface area contributed by atoms with E-state index in [1.165, 1.54) is 6.07 Å². The number of ether oxygens (including phenoxy) is 1. The zero-order chi connectivity index (χ0) is 13.5. The number of rotatable bonds is 2. The van der Waals surface area contributed by atoms with Gasteiger partial charge in [-0.25, -0.2) is 4.98 Å². The van der Waals surface area contributed by atoms with Gasteiger partial charge >= 0.3 is 6.36 Å². The van der Waals surface area contributed by atoms with Crippen molar-refractivity contribution in [3.05, 3.63) is 23.0 Å². The molecule has 0 aliphatic heterocycles. The summed E-state index contributed by atoms with van der Waals surface area (Å²) >= 11 is 5.69. The number of alkyl halides is 3. The van der Waals surface area contributed by atoms with Crippen molar-refractivity contribution >= 4 is 22.7 Å². The third-order valence-electron chi connectivity index (χ3n) is 2.18. The number of fused-ring (bicyclic) bond motifs is 1. The molecule has 1 heterocycles. The molecule has 0 atom stereocenters. The first kappa shape index (κ1) is 13.0. The zero-order valence-corrected chi connectivity index (χ0v) is 10.3. The van der Waals surface area contributed by atoms with Crippen LogP contribution in [0.1, 0.15) is 25.7 Å². The molecule has 18 heavy (non-hydrogen) atoms. The van der Waals surface area contributed by atoms with E-state index in [1.807, 2.05) is 13.8 Å². The van der Waals surface area contributed by atoms with Crippen LogP contribution in [0, 0.1) is 0 Å². The van der Waals surface area contributed by atoms with Crippen molar-refractivity contribution < 1.29 is 22.3 Å². The number of aromatic nitrogens is 1. The molecule has 7 heteroatoms. The molecule has 1 aromatic heterocycles. The van der Waals surface area contributed by atoms with Crippen LogP contribution in [0.4, 0.5) is 13.2 Å². The number of oxazole rings is 1. The highest BCUT2D eigenvalue weighted by Crippen LogP contribution is 2.34. The van der Waals surface area contributed by atoms with Gasteiger partial charge in [0.15, 0.2) is 11.5 Å². The first-order valence-corrected chi connectivity index (χ1v) is 5.50. The molecule has 0 radical (unpaired) electrons. The summed E-state index contributed by atoms with van der Waals surface area (Å²) in [6.45, 7) is 3.72. The largest absolute Gasteiger partial charge is 0.573 e. The third-order valence-corrected chi connectivity index (χ3v) is 2.47. The molecule has 0 saturated heterocycles. The summed E-state index contributed by atoms with van der Waals surface area (Å²) in [5.41, 5.74) is 0.612. The van der Waals surface area contributed by atoms with Gasteiger partial charge in [-0.1, -0.05) is 25.4 Å². The fraction of sp³-hybridized carbons (Fsp3) is 0.364. The second-order valence-electron chi connectivity index (χ2n) is 4.00. The number of halogens is 4. The van der Waals surface area contributed by atoms with Crippen molar-refractivity contribution in [2.45, 2.75) is 26.1 Å². The van der Waals surface area contributed by atoms with E-state index < -0.39 is 12.1 Å². The summed E-state index contributed by atoms with van der Waals surface area (Å²) < 4.78 is 45.6. The van der Waals surface area contributed by atoms with Gasteiger partial charge in [-0.2, -0.15) is 0 Å². The van der Waals surface area contributed by atoms with Gasteiger partial charge in [0, 0.05) is 18.1 Å². The maximum Gasteiger partial charge on any atom is 0.573 e. The van der Waals surface area contributed by atoms with Crippen LogP contribution >= 0.6 is 11.6 Å². The van der Waals surface area contributed by atoms with Crippen LogP contribution in [0.2, 0.25) is 5.02 Å². The third kappa shape index (κ3) is 2.69. The Kier molecular flexibility index (Phi) is 3.14. The van der Waals surface area contributed by atoms with E-state index in [2.05, 4.69) is 9.72 Å². The molecule has 0 saturated carbocycles. The fourth-order valence-corrected chi connectivity index (χ4v) is 1.59. The van der Waals surface area contributed by atoms with Crippen LogP contribution in [0.3, 0.4) is 0 Å². The zero-order valence-electron chi connectivity index (χ0n) is 9.51. The fourth-order valence-electron chi connectivity index (χ4n) is 1.40. The minimum absolute atomic E-state index is 0.0307. The molecule has 0 aliphatic carbocycles. The summed E-state index contributed by atoms with van der Waals surface area (Å²) in [5.74, 6) is -0.0198. The van der Waals surface area contributed by atoms with E-state index in [0.717, 1.165) is 6.07 Å². The van der Waals surface area contributed by atoms with Crippen molar-refractivity contribution in [3.63, 3.8) is 0 Å². The molecule has 0 bridgehead atoms. The van der Waals surface area contributed by atoms with E-state index in [9.17, 15) is 13.2 Å². The van der Waals surface area contributed by atoms with Crippen molar-refractivity contribution in [3.8, 4) is 5.75 Å². The van der Waals surface area contributed by atoms with Crippen molar-refractivity contribution in [1.29, 1.82) is 0 Å². The topological polar surface area (TPSA) is 35.3 Å². The van der Waals surface area contributed by atoms with E-state index in [0.29, 0.717) is 11.5 Å². The SMILES string of the molecule is CC(C)c1nc2cc(OC(F)(F)F)c(Cl)cc2o1. The number of nitrogens with zero attached hydrogens (tertiary/aromatic N) is 1. The molecule has 0 amide bonds. The Labute approximate surface area is 106 Å². The molecule has 0 N–H and O–H groups in total. The minimum atomic E-state index is -4.79. The summed E-state index contributed by atoms with van der Waals surface area (Å²) in [6, 6.07) is 2.37. The van der Waals surface area contributed by atoms with Gasteiger partial charge in [0.25, 0.3) is 0 Å². The van der Waals surface area contributed by atoms with Crippen LogP contribution in [0.5, 0.6) is 5.75 Å². The Morgan fingerprint density at radius 1 is 1.33 bits per heavy atom. The van der Waals surface area contributed by atoms with E-state index in [1.54, 1.807) is 0 Å². The first-order chi connectivity index (χ1) is 8.26. The van der Waals surface area contributed by atoms with E-state index >= 15 is 0 Å². The Bertz CT molecular complexity index is 577. The van der Waals surface area contributed by atoms with Crippen LogP contribution in [-0.4, -0.2) is 11.3 Å². The average Bonchev–Trinajstić information content (AvgIpc) is 2.59. The predicted octanol–water partition coefficient (Wildman–Crippen LogP) is 4.50. The minimum Gasteiger partial charge on any atom is -0.440 e. The number of hydrogen-bond donors (Lipinski definition) is 0. The lowest BCUT2D eigenvalue weighted by Crippen LogP contribution is -2.17. The van der Waals surface area contributed by atoms with Crippen LogP contribution < -0.4 is 4.74 Å². The Hall–Kier alpha value is -1.43. The van der Waals surface area contributed by atoms with Gasteiger partial charge in [-0.05, 0) is 0 Å². The van der Waals surface area contributed by atoms with Crippen molar-refractivity contribution in [1.82, 2.24) is 4.98 Å². The number of benzene rings is 1. The summed E-state index contributed by atoms with van der Waals surface area (Å²) in [7, 11) is 0. The molecular formula is C11H9ClF3NO2. The monoisotopic (exact) mass is 279 g/mol. The number of hydrogen-bond acceptors (Lipinski definition) is 3. The quantitative estimate of drug-likeness (QED) is 0.812. The average molecular weight is 280 g/mol. The smallest absolute Gasteiger partial charge is 0.440 e. The second kappa shape index (κ2) is 4.35. The van der Waals surface area contributed by atoms with E-state index in [-0.39, 0.29) is 16.5 Å². The molecule has 0 fully saturated rings. The van der Waals surface area contributed by atoms with Crippen LogP contribution in [0.15, 0.2) is 16.5 Å². The Morgan fingerprint density at radius 2 is 2.00 bits per heavy atom. The van der Waals surface area contributed by atoms with Crippen molar-refractivity contribution in [2.24, 2.45) is 0 Å². The normalized spacial score (nSPS) is 12.4. The molecule has 2 aromatic rings. The van der Waals surface area contributed by atoms with Crippen LogP contribution in [0.25, 0.3) is 11.1 Å². The maximum absolute atomic E-state index is 12.1. The predicted molar refractivity (Wildman–Crippen MR) is 59.8 cm³/mol.